The minimum atomic E-state index is -0.446. The van der Waals surface area contributed by atoms with Crippen molar-refractivity contribution >= 4 is 51.5 Å². The van der Waals surface area contributed by atoms with Gasteiger partial charge in [0.2, 0.25) is 5.91 Å². The number of amides is 3. The average Bonchev–Trinajstić information content (AvgIpc) is 3.17. The zero-order valence-corrected chi connectivity index (χ0v) is 18.5. The third-order valence-corrected chi connectivity index (χ3v) is 6.45. The van der Waals surface area contributed by atoms with E-state index in [1.54, 1.807) is 6.08 Å². The maximum absolute atomic E-state index is 12.9. The van der Waals surface area contributed by atoms with Gasteiger partial charge in [-0.05, 0) is 54.9 Å². The number of aromatic nitrogens is 1. The average molecular weight is 434 g/mol. The maximum atomic E-state index is 12.9. The van der Waals surface area contributed by atoms with E-state index < -0.39 is 17.1 Å². The van der Waals surface area contributed by atoms with Crippen LogP contribution in [0.25, 0.3) is 17.0 Å². The molecule has 0 unspecified atom stereocenters. The van der Waals surface area contributed by atoms with E-state index in [0.29, 0.717) is 10.6 Å². The van der Waals surface area contributed by atoms with Crippen LogP contribution in [0.1, 0.15) is 23.7 Å². The number of fused-ring (bicyclic) bond motifs is 1. The Hall–Kier alpha value is -3.32. The van der Waals surface area contributed by atoms with Crippen LogP contribution in [-0.4, -0.2) is 33.1 Å². The van der Waals surface area contributed by atoms with Gasteiger partial charge in [0.1, 0.15) is 6.54 Å². The summed E-state index contributed by atoms with van der Waals surface area (Å²) in [5, 5.41) is 3.32. The number of imide groups is 1. The number of nitrogens with zero attached hydrogens (tertiary/aromatic N) is 2. The predicted molar refractivity (Wildman–Crippen MR) is 125 cm³/mol. The molecule has 1 N–H and O–H groups in total. The minimum Gasteiger partial charge on any atom is -0.347 e. The number of aryl methyl sites for hydroxylation is 2. The summed E-state index contributed by atoms with van der Waals surface area (Å²) in [6.07, 6.45) is 2.66. The number of rotatable bonds is 5. The number of benzene rings is 2. The Balaban J connectivity index is 1.53. The zero-order valence-electron chi connectivity index (χ0n) is 17.6. The van der Waals surface area contributed by atoms with Crippen LogP contribution >= 0.6 is 11.8 Å². The molecule has 2 heterocycles. The summed E-state index contributed by atoms with van der Waals surface area (Å²) in [6.45, 7) is 3.72. The number of hydrogen-bond donors (Lipinski definition) is 1. The van der Waals surface area contributed by atoms with Crippen LogP contribution in [0, 0.1) is 6.92 Å². The van der Waals surface area contributed by atoms with Crippen LogP contribution in [0.15, 0.2) is 53.4 Å². The molecule has 0 radical (unpaired) electrons. The lowest BCUT2D eigenvalue weighted by Crippen LogP contribution is -2.36. The standard InChI is InChI=1S/C24H23N3O3S/c1-4-16-9-11-17(12-10-16)25-22(28)14-27-23(29)21(31-24(27)30)13-19-15(2)26(3)20-8-6-5-7-18(19)20/h5-13H,4,14H2,1-3H3,(H,25,28)/b21-13-. The molecule has 1 aromatic heterocycles. The van der Waals surface area contributed by atoms with E-state index in [4.69, 9.17) is 0 Å². The van der Waals surface area contributed by atoms with E-state index in [9.17, 15) is 14.4 Å². The summed E-state index contributed by atoms with van der Waals surface area (Å²) in [7, 11) is 1.97. The van der Waals surface area contributed by atoms with Gasteiger partial charge in [-0.1, -0.05) is 37.3 Å². The van der Waals surface area contributed by atoms with Crippen LogP contribution in [0.5, 0.6) is 0 Å². The van der Waals surface area contributed by atoms with Crippen molar-refractivity contribution in [3.63, 3.8) is 0 Å². The Morgan fingerprint density at radius 1 is 1.10 bits per heavy atom. The largest absolute Gasteiger partial charge is 0.347 e. The summed E-state index contributed by atoms with van der Waals surface area (Å²) in [5.41, 5.74) is 4.76. The lowest BCUT2D eigenvalue weighted by molar-refractivity contribution is -0.127. The highest BCUT2D eigenvalue weighted by molar-refractivity contribution is 8.18. The maximum Gasteiger partial charge on any atom is 0.294 e. The Labute approximate surface area is 184 Å². The van der Waals surface area contributed by atoms with E-state index in [0.717, 1.165) is 50.8 Å². The zero-order chi connectivity index (χ0) is 22.1. The fraction of sp³-hybridized carbons (Fsp3) is 0.208. The number of para-hydroxylation sites is 1. The van der Waals surface area contributed by atoms with Gasteiger partial charge >= 0.3 is 0 Å². The normalized spacial score (nSPS) is 15.3. The molecular formula is C24H23N3O3S. The lowest BCUT2D eigenvalue weighted by Gasteiger charge is -2.12. The Bertz CT molecular complexity index is 1220. The third-order valence-electron chi connectivity index (χ3n) is 5.55. The van der Waals surface area contributed by atoms with Gasteiger partial charge in [0, 0.05) is 34.9 Å². The minimum absolute atomic E-state index is 0.313. The van der Waals surface area contributed by atoms with Crippen molar-refractivity contribution in [1.29, 1.82) is 0 Å². The first-order valence-corrected chi connectivity index (χ1v) is 10.9. The van der Waals surface area contributed by atoms with Crippen LogP contribution in [0.2, 0.25) is 0 Å². The van der Waals surface area contributed by atoms with Crippen LogP contribution in [0.4, 0.5) is 10.5 Å². The van der Waals surface area contributed by atoms with Crippen molar-refractivity contribution in [2.24, 2.45) is 7.05 Å². The number of carbonyl (C=O) groups excluding carboxylic acids is 3. The highest BCUT2D eigenvalue weighted by Crippen LogP contribution is 2.35. The molecule has 4 rings (SSSR count). The van der Waals surface area contributed by atoms with Crippen molar-refractivity contribution in [3.05, 3.63) is 70.3 Å². The van der Waals surface area contributed by atoms with Gasteiger partial charge in [-0.25, -0.2) is 0 Å². The second-order valence-corrected chi connectivity index (χ2v) is 8.43. The van der Waals surface area contributed by atoms with E-state index in [1.807, 2.05) is 62.5 Å². The number of thioether (sulfide) groups is 1. The Morgan fingerprint density at radius 2 is 1.81 bits per heavy atom. The first-order chi connectivity index (χ1) is 14.9. The first kappa shape index (κ1) is 20.9. The van der Waals surface area contributed by atoms with Gasteiger partial charge in [-0.15, -0.1) is 0 Å². The van der Waals surface area contributed by atoms with Crippen molar-refractivity contribution in [1.82, 2.24) is 9.47 Å². The van der Waals surface area contributed by atoms with Gasteiger partial charge in [-0.3, -0.25) is 19.3 Å². The summed E-state index contributed by atoms with van der Waals surface area (Å²) in [4.78, 5) is 39.1. The summed E-state index contributed by atoms with van der Waals surface area (Å²) in [6, 6.07) is 15.4. The number of hydrogen-bond acceptors (Lipinski definition) is 4. The lowest BCUT2D eigenvalue weighted by atomic mass is 10.1. The summed E-state index contributed by atoms with van der Waals surface area (Å²) < 4.78 is 2.06. The number of nitrogens with one attached hydrogen (secondary N) is 1. The highest BCUT2D eigenvalue weighted by Gasteiger charge is 2.36. The molecule has 1 saturated heterocycles. The molecule has 1 fully saturated rings. The van der Waals surface area contributed by atoms with Crippen LogP contribution in [0.3, 0.4) is 0 Å². The molecule has 158 valence electrons. The molecule has 0 saturated carbocycles. The molecule has 0 atom stereocenters. The smallest absolute Gasteiger partial charge is 0.294 e. The van der Waals surface area contributed by atoms with E-state index in [-0.39, 0.29) is 6.54 Å². The molecule has 3 aromatic rings. The van der Waals surface area contributed by atoms with Crippen molar-refractivity contribution < 1.29 is 14.4 Å². The van der Waals surface area contributed by atoms with Crippen LogP contribution < -0.4 is 5.32 Å². The third kappa shape index (κ3) is 4.01. The van der Waals surface area contributed by atoms with Gasteiger partial charge in [0.15, 0.2) is 0 Å². The quantitative estimate of drug-likeness (QED) is 0.591. The molecule has 7 heteroatoms. The monoisotopic (exact) mass is 433 g/mol. The van der Waals surface area contributed by atoms with Gasteiger partial charge < -0.3 is 9.88 Å². The van der Waals surface area contributed by atoms with E-state index >= 15 is 0 Å². The molecular weight excluding hydrogens is 410 g/mol. The second kappa shape index (κ2) is 8.43. The fourth-order valence-electron chi connectivity index (χ4n) is 3.67. The van der Waals surface area contributed by atoms with Crippen molar-refractivity contribution in [2.45, 2.75) is 20.3 Å². The second-order valence-electron chi connectivity index (χ2n) is 7.44. The number of anilines is 1. The molecule has 2 aromatic carbocycles. The van der Waals surface area contributed by atoms with Gasteiger partial charge in [0.05, 0.1) is 4.91 Å². The van der Waals surface area contributed by atoms with Crippen LogP contribution in [-0.2, 0) is 23.1 Å². The molecule has 1 aliphatic heterocycles. The number of carbonyl (C=O) groups is 3. The van der Waals surface area contributed by atoms with E-state index in [1.165, 1.54) is 0 Å². The van der Waals surface area contributed by atoms with E-state index in [2.05, 4.69) is 16.8 Å². The molecule has 1 aliphatic rings. The summed E-state index contributed by atoms with van der Waals surface area (Å²) >= 11 is 0.866. The fourth-order valence-corrected chi connectivity index (χ4v) is 4.49. The molecule has 0 aliphatic carbocycles. The van der Waals surface area contributed by atoms with Crippen molar-refractivity contribution in [3.8, 4) is 0 Å². The SMILES string of the molecule is CCc1ccc(NC(=O)CN2C(=O)S/C(=C\c3c(C)n(C)c4ccccc34)C2=O)cc1. The molecule has 0 bridgehead atoms. The Kier molecular flexibility index (Phi) is 5.69. The highest BCUT2D eigenvalue weighted by atomic mass is 32.2. The predicted octanol–water partition coefficient (Wildman–Crippen LogP) is 4.72. The first-order valence-electron chi connectivity index (χ1n) is 10.1. The molecule has 0 spiro atoms. The van der Waals surface area contributed by atoms with Crippen molar-refractivity contribution in [2.75, 3.05) is 11.9 Å². The summed E-state index contributed by atoms with van der Waals surface area (Å²) in [5.74, 6) is -0.854. The van der Waals surface area contributed by atoms with Gasteiger partial charge in [-0.2, -0.15) is 0 Å². The molecule has 6 nitrogen and oxygen atoms in total. The molecule has 3 amide bonds. The molecule has 31 heavy (non-hydrogen) atoms. The topological polar surface area (TPSA) is 71.4 Å². The Morgan fingerprint density at radius 3 is 2.52 bits per heavy atom. The van der Waals surface area contributed by atoms with Gasteiger partial charge in [0.25, 0.3) is 11.1 Å².